The summed E-state index contributed by atoms with van der Waals surface area (Å²) in [6.45, 7) is 7.73. The molecule has 2 aliphatic rings. The Morgan fingerprint density at radius 3 is 2.74 bits per heavy atom. The maximum atomic E-state index is 11.5. The molecule has 8 nitrogen and oxygen atoms in total. The number of aromatic nitrogens is 3. The number of benzene rings is 1. The first-order valence-corrected chi connectivity index (χ1v) is 14.1. The number of likely N-dealkylation sites (tertiary alicyclic amines) is 1. The third-order valence-electron chi connectivity index (χ3n) is 8.04. The van der Waals surface area contributed by atoms with E-state index in [2.05, 4.69) is 26.9 Å². The molecule has 0 bridgehead atoms. The minimum Gasteiger partial charge on any atom is -0.466 e. The summed E-state index contributed by atoms with van der Waals surface area (Å²) in [4.78, 5) is 18.2. The van der Waals surface area contributed by atoms with Crippen LogP contribution in [0.1, 0.15) is 75.6 Å². The molecule has 0 amide bonds. The van der Waals surface area contributed by atoms with E-state index in [4.69, 9.17) is 9.26 Å². The van der Waals surface area contributed by atoms with Gasteiger partial charge in [-0.25, -0.2) is 4.98 Å². The van der Waals surface area contributed by atoms with Crippen LogP contribution in [0.4, 0.5) is 0 Å². The molecule has 1 aromatic carbocycles. The second-order valence-corrected chi connectivity index (χ2v) is 11.0. The molecule has 1 saturated heterocycles. The molecule has 2 fully saturated rings. The number of rotatable bonds is 9. The Bertz CT molecular complexity index is 1300. The van der Waals surface area contributed by atoms with Crippen LogP contribution < -0.4 is 0 Å². The van der Waals surface area contributed by atoms with E-state index in [1.165, 1.54) is 25.7 Å². The molecule has 0 radical (unpaired) electrons. The lowest BCUT2D eigenvalue weighted by molar-refractivity contribution is -0.143. The highest BCUT2D eigenvalue weighted by Gasteiger charge is 2.44. The zero-order valence-corrected chi connectivity index (χ0v) is 22.9. The van der Waals surface area contributed by atoms with Crippen molar-refractivity contribution in [1.82, 2.24) is 19.6 Å². The van der Waals surface area contributed by atoms with Gasteiger partial charge in [0.25, 0.3) is 0 Å². The van der Waals surface area contributed by atoms with Gasteiger partial charge in [-0.1, -0.05) is 17.0 Å². The molecule has 1 spiro atoms. The third-order valence-corrected chi connectivity index (χ3v) is 8.04. The SMILES string of the molecule is CCOC(=O)CCCN1CCC2(CC1)CC(C#Cc1ccc(-c3cc(Cn4ccnc4[C@H](C)O)no3)cc1)C2. The van der Waals surface area contributed by atoms with Crippen LogP contribution in [0, 0.1) is 23.2 Å². The molecule has 1 N–H and O–H groups in total. The highest BCUT2D eigenvalue weighted by atomic mass is 16.5. The molecule has 1 atom stereocenters. The predicted molar refractivity (Wildman–Crippen MR) is 147 cm³/mol. The quantitative estimate of drug-likeness (QED) is 0.313. The number of nitrogens with zero attached hydrogens (tertiary/aromatic N) is 4. The number of aliphatic hydroxyl groups is 1. The van der Waals surface area contributed by atoms with Crippen molar-refractivity contribution in [3.8, 4) is 23.2 Å². The summed E-state index contributed by atoms with van der Waals surface area (Å²) in [6.07, 6.45) is 9.13. The van der Waals surface area contributed by atoms with Crippen molar-refractivity contribution >= 4 is 5.97 Å². The number of piperidine rings is 1. The maximum Gasteiger partial charge on any atom is 0.305 e. The molecule has 39 heavy (non-hydrogen) atoms. The van der Waals surface area contributed by atoms with Gasteiger partial charge in [0.1, 0.15) is 17.6 Å². The summed E-state index contributed by atoms with van der Waals surface area (Å²) >= 11 is 0. The number of carbonyl (C=O) groups excluding carboxylic acids is 1. The van der Waals surface area contributed by atoms with Gasteiger partial charge in [0.15, 0.2) is 5.76 Å². The lowest BCUT2D eigenvalue weighted by atomic mass is 9.58. The molecule has 2 aromatic heterocycles. The number of hydrogen-bond donors (Lipinski definition) is 1. The number of aliphatic hydroxyl groups excluding tert-OH is 1. The Labute approximate surface area is 230 Å². The van der Waals surface area contributed by atoms with E-state index in [9.17, 15) is 9.90 Å². The molecule has 1 aliphatic carbocycles. The van der Waals surface area contributed by atoms with Crippen LogP contribution in [0.15, 0.2) is 47.2 Å². The first-order valence-electron chi connectivity index (χ1n) is 14.1. The fourth-order valence-corrected chi connectivity index (χ4v) is 5.85. The zero-order chi connectivity index (χ0) is 27.2. The number of carbonyl (C=O) groups is 1. The van der Waals surface area contributed by atoms with Crippen LogP contribution in [0.3, 0.4) is 0 Å². The van der Waals surface area contributed by atoms with Crippen molar-refractivity contribution in [3.63, 3.8) is 0 Å². The molecular formula is C31H38N4O4. The maximum absolute atomic E-state index is 11.5. The Kier molecular flexibility index (Phi) is 8.49. The minimum absolute atomic E-state index is 0.0811. The van der Waals surface area contributed by atoms with Crippen molar-refractivity contribution < 1.29 is 19.2 Å². The van der Waals surface area contributed by atoms with E-state index in [1.54, 1.807) is 13.1 Å². The van der Waals surface area contributed by atoms with Gasteiger partial charge in [-0.15, -0.1) is 0 Å². The van der Waals surface area contributed by atoms with E-state index in [0.29, 0.717) is 42.5 Å². The fraction of sp³-hybridized carbons (Fsp3) is 0.516. The van der Waals surface area contributed by atoms with E-state index in [-0.39, 0.29) is 5.97 Å². The Morgan fingerprint density at radius 2 is 2.03 bits per heavy atom. The number of imidazole rings is 1. The summed E-state index contributed by atoms with van der Waals surface area (Å²) < 4.78 is 12.5. The number of ether oxygens (including phenoxy) is 1. The molecule has 206 valence electrons. The van der Waals surface area contributed by atoms with Gasteiger partial charge in [0, 0.05) is 41.9 Å². The lowest BCUT2D eigenvalue weighted by Crippen LogP contribution is -2.47. The minimum atomic E-state index is -0.640. The van der Waals surface area contributed by atoms with Crippen LogP contribution in [0.2, 0.25) is 0 Å². The Balaban J connectivity index is 1.07. The van der Waals surface area contributed by atoms with Crippen molar-refractivity contribution in [3.05, 3.63) is 59.8 Å². The largest absolute Gasteiger partial charge is 0.466 e. The molecule has 1 saturated carbocycles. The summed E-state index contributed by atoms with van der Waals surface area (Å²) in [5.41, 5.74) is 3.21. The normalized spacial score (nSPS) is 17.8. The summed E-state index contributed by atoms with van der Waals surface area (Å²) in [5.74, 6) is 8.58. The highest BCUT2D eigenvalue weighted by molar-refractivity contribution is 5.69. The van der Waals surface area contributed by atoms with E-state index >= 15 is 0 Å². The molecule has 3 heterocycles. The molecule has 0 unspecified atom stereocenters. The van der Waals surface area contributed by atoms with E-state index in [1.807, 2.05) is 48.0 Å². The van der Waals surface area contributed by atoms with Crippen LogP contribution in [-0.4, -0.2) is 56.9 Å². The lowest BCUT2D eigenvalue weighted by Gasteiger charge is -2.51. The van der Waals surface area contributed by atoms with Gasteiger partial charge in [0.05, 0.1) is 13.2 Å². The van der Waals surface area contributed by atoms with Gasteiger partial charge in [0.2, 0.25) is 0 Å². The number of hydrogen-bond acceptors (Lipinski definition) is 7. The van der Waals surface area contributed by atoms with Gasteiger partial charge in [-0.05, 0) is 95.3 Å². The van der Waals surface area contributed by atoms with Crippen molar-refractivity contribution in [1.29, 1.82) is 0 Å². The first-order chi connectivity index (χ1) is 18.9. The highest BCUT2D eigenvalue weighted by Crippen LogP contribution is 2.52. The summed E-state index contributed by atoms with van der Waals surface area (Å²) in [5, 5.41) is 14.0. The molecular weight excluding hydrogens is 492 g/mol. The van der Waals surface area contributed by atoms with Crippen LogP contribution in [-0.2, 0) is 16.1 Å². The third kappa shape index (κ3) is 6.78. The molecule has 8 heteroatoms. The average Bonchev–Trinajstić information content (AvgIpc) is 3.58. The van der Waals surface area contributed by atoms with Gasteiger partial charge in [-0.3, -0.25) is 4.79 Å². The molecule has 1 aliphatic heterocycles. The van der Waals surface area contributed by atoms with Gasteiger partial charge >= 0.3 is 5.97 Å². The monoisotopic (exact) mass is 530 g/mol. The predicted octanol–water partition coefficient (Wildman–Crippen LogP) is 4.83. The van der Waals surface area contributed by atoms with Gasteiger partial charge in [-0.2, -0.15) is 0 Å². The topological polar surface area (TPSA) is 93.6 Å². The fourth-order valence-electron chi connectivity index (χ4n) is 5.85. The number of esters is 1. The van der Waals surface area contributed by atoms with E-state index in [0.717, 1.165) is 42.9 Å². The van der Waals surface area contributed by atoms with E-state index < -0.39 is 6.10 Å². The van der Waals surface area contributed by atoms with Crippen LogP contribution in [0.25, 0.3) is 11.3 Å². The first kappa shape index (κ1) is 27.2. The molecule has 5 rings (SSSR count). The molecule has 3 aromatic rings. The summed E-state index contributed by atoms with van der Waals surface area (Å²) in [6, 6.07) is 10.0. The van der Waals surface area contributed by atoms with Gasteiger partial charge < -0.3 is 23.8 Å². The van der Waals surface area contributed by atoms with Crippen LogP contribution in [0.5, 0.6) is 0 Å². The van der Waals surface area contributed by atoms with Crippen molar-refractivity contribution in [2.24, 2.45) is 11.3 Å². The zero-order valence-electron chi connectivity index (χ0n) is 22.9. The standard InChI is InChI=1S/C31H38N4O4/c1-3-38-29(37)5-4-15-34-16-12-31(13-17-34)20-25(21-31)7-6-24-8-10-26(11-9-24)28-19-27(33-39-28)22-35-18-14-32-30(35)23(2)36/h8-11,14,18-19,23,25,36H,3-5,12-13,15-17,20-22H2,1-2H3/t23-/m0/s1. The second kappa shape index (κ2) is 12.2. The second-order valence-electron chi connectivity index (χ2n) is 11.0. The smallest absolute Gasteiger partial charge is 0.305 e. The summed E-state index contributed by atoms with van der Waals surface area (Å²) in [7, 11) is 0. The van der Waals surface area contributed by atoms with Crippen molar-refractivity contribution in [2.75, 3.05) is 26.2 Å². The average molecular weight is 531 g/mol. The Hall–Kier alpha value is -3.41. The van der Waals surface area contributed by atoms with Crippen LogP contribution >= 0.6 is 0 Å². The van der Waals surface area contributed by atoms with Crippen molar-refractivity contribution in [2.45, 2.75) is 65.0 Å². The Morgan fingerprint density at radius 1 is 1.26 bits per heavy atom.